The van der Waals surface area contributed by atoms with Crippen LogP contribution in [0.25, 0.3) is 0 Å². The fraction of sp³-hybridized carbons (Fsp3) is 0.700. The number of hydrogen-bond donors (Lipinski definition) is 0. The van der Waals surface area contributed by atoms with E-state index in [0.717, 1.165) is 0 Å². The van der Waals surface area contributed by atoms with Crippen LogP contribution in [0.15, 0.2) is 0 Å². The van der Waals surface area contributed by atoms with Crippen molar-refractivity contribution in [3.8, 4) is 0 Å². The lowest BCUT2D eigenvalue weighted by Crippen LogP contribution is -2.25. The van der Waals surface area contributed by atoms with Gasteiger partial charge in [0.2, 0.25) is 0 Å². The molecular formula is C10H16O5. The fourth-order valence-corrected chi connectivity index (χ4v) is 0.646. The number of Topliss-reactive ketones (excluding diaryl/α,β-unsaturated/α-hetero) is 1. The molecule has 0 aliphatic rings. The topological polar surface area (TPSA) is 69.7 Å². The molecule has 15 heavy (non-hydrogen) atoms. The normalized spacial score (nSPS) is 10.7. The van der Waals surface area contributed by atoms with Gasteiger partial charge < -0.3 is 9.47 Å². The Morgan fingerprint density at radius 1 is 1.07 bits per heavy atom. The first kappa shape index (κ1) is 13.6. The lowest BCUT2D eigenvalue weighted by molar-refractivity contribution is -0.158. The van der Waals surface area contributed by atoms with Gasteiger partial charge in [0.15, 0.2) is 6.61 Å². The molecule has 5 heteroatoms. The highest BCUT2D eigenvalue weighted by atomic mass is 16.6. The molecule has 0 fully saturated rings. The maximum absolute atomic E-state index is 11.4. The maximum atomic E-state index is 11.4. The largest absolute Gasteiger partial charge is 0.466 e. The van der Waals surface area contributed by atoms with Crippen molar-refractivity contribution in [2.45, 2.75) is 27.2 Å². The monoisotopic (exact) mass is 216 g/mol. The highest BCUT2D eigenvalue weighted by Gasteiger charge is 2.24. The molecule has 0 saturated heterocycles. The second-order valence-corrected chi connectivity index (χ2v) is 4.09. The van der Waals surface area contributed by atoms with Crippen LogP contribution in [0, 0.1) is 5.41 Å². The minimum atomic E-state index is -0.708. The van der Waals surface area contributed by atoms with Crippen molar-refractivity contribution < 1.29 is 23.9 Å². The van der Waals surface area contributed by atoms with Crippen LogP contribution in [-0.2, 0) is 23.9 Å². The van der Waals surface area contributed by atoms with Gasteiger partial charge in [-0.2, -0.15) is 0 Å². The molecule has 0 spiro atoms. The zero-order chi connectivity index (χ0) is 12.1. The number of rotatable bonds is 4. The summed E-state index contributed by atoms with van der Waals surface area (Å²) in [7, 11) is 1.19. The Morgan fingerprint density at radius 2 is 1.60 bits per heavy atom. The van der Waals surface area contributed by atoms with Crippen LogP contribution in [0.2, 0.25) is 0 Å². The molecule has 0 heterocycles. The van der Waals surface area contributed by atoms with Gasteiger partial charge in [-0.25, -0.2) is 4.79 Å². The summed E-state index contributed by atoms with van der Waals surface area (Å²) < 4.78 is 8.80. The van der Waals surface area contributed by atoms with Crippen LogP contribution < -0.4 is 0 Å². The van der Waals surface area contributed by atoms with E-state index >= 15 is 0 Å². The van der Waals surface area contributed by atoms with E-state index in [9.17, 15) is 14.4 Å². The molecule has 0 saturated carbocycles. The third kappa shape index (κ3) is 5.83. The van der Waals surface area contributed by atoms with Crippen molar-refractivity contribution in [2.75, 3.05) is 13.7 Å². The van der Waals surface area contributed by atoms with E-state index in [0.29, 0.717) is 0 Å². The maximum Gasteiger partial charge on any atom is 0.344 e. The van der Waals surface area contributed by atoms with Crippen molar-refractivity contribution >= 4 is 17.7 Å². The SMILES string of the molecule is COC(=O)COC(=O)CC(=O)C(C)(C)C. The van der Waals surface area contributed by atoms with Crippen LogP contribution in [-0.4, -0.2) is 31.4 Å². The minimum Gasteiger partial charge on any atom is -0.466 e. The van der Waals surface area contributed by atoms with Crippen molar-refractivity contribution in [1.29, 1.82) is 0 Å². The Balaban J connectivity index is 3.95. The van der Waals surface area contributed by atoms with E-state index in [-0.39, 0.29) is 12.2 Å². The highest BCUT2D eigenvalue weighted by molar-refractivity contribution is 5.98. The molecule has 0 amide bonds. The first-order chi connectivity index (χ1) is 6.77. The van der Waals surface area contributed by atoms with E-state index in [2.05, 4.69) is 9.47 Å². The van der Waals surface area contributed by atoms with Gasteiger partial charge in [0.25, 0.3) is 0 Å². The average Bonchev–Trinajstić information content (AvgIpc) is 2.12. The lowest BCUT2D eigenvalue weighted by atomic mass is 9.89. The number of carbonyl (C=O) groups is 3. The Morgan fingerprint density at radius 3 is 2.00 bits per heavy atom. The Hall–Kier alpha value is -1.39. The second-order valence-electron chi connectivity index (χ2n) is 4.09. The quantitative estimate of drug-likeness (QED) is 0.511. The highest BCUT2D eigenvalue weighted by Crippen LogP contribution is 2.16. The van der Waals surface area contributed by atoms with Crippen LogP contribution in [0.3, 0.4) is 0 Å². The summed E-state index contributed by atoms with van der Waals surface area (Å²) in [4.78, 5) is 33.1. The van der Waals surface area contributed by atoms with Crippen LogP contribution in [0.5, 0.6) is 0 Å². The van der Waals surface area contributed by atoms with E-state index < -0.39 is 24.0 Å². The van der Waals surface area contributed by atoms with Gasteiger partial charge in [0, 0.05) is 5.41 Å². The molecule has 0 N–H and O–H groups in total. The van der Waals surface area contributed by atoms with Gasteiger partial charge in [-0.3, -0.25) is 9.59 Å². The third-order valence-electron chi connectivity index (χ3n) is 1.72. The lowest BCUT2D eigenvalue weighted by Gasteiger charge is -2.15. The number of hydrogen-bond acceptors (Lipinski definition) is 5. The predicted octanol–water partition coefficient (Wildman–Crippen LogP) is 0.708. The standard InChI is InChI=1S/C10H16O5/c1-10(2,3)7(11)5-8(12)15-6-9(13)14-4/h5-6H2,1-4H3. The van der Waals surface area contributed by atoms with E-state index in [1.54, 1.807) is 20.8 Å². The molecule has 0 unspecified atom stereocenters. The zero-order valence-electron chi connectivity index (χ0n) is 9.46. The summed E-state index contributed by atoms with van der Waals surface area (Å²) in [6.07, 6.45) is -0.319. The summed E-state index contributed by atoms with van der Waals surface area (Å²) >= 11 is 0. The summed E-state index contributed by atoms with van der Waals surface area (Å²) in [6.45, 7) is 4.68. The van der Waals surface area contributed by atoms with Crippen LogP contribution in [0.1, 0.15) is 27.2 Å². The average molecular weight is 216 g/mol. The molecule has 0 aromatic carbocycles. The smallest absolute Gasteiger partial charge is 0.344 e. The molecule has 0 aliphatic heterocycles. The van der Waals surface area contributed by atoms with Crippen LogP contribution >= 0.6 is 0 Å². The molecule has 0 aliphatic carbocycles. The summed E-state index contributed by atoms with van der Waals surface area (Å²) in [6, 6.07) is 0. The first-order valence-corrected chi connectivity index (χ1v) is 4.53. The molecule has 0 radical (unpaired) electrons. The second kappa shape index (κ2) is 5.48. The van der Waals surface area contributed by atoms with E-state index in [1.807, 2.05) is 0 Å². The van der Waals surface area contributed by atoms with Crippen molar-refractivity contribution in [3.05, 3.63) is 0 Å². The molecule has 0 rings (SSSR count). The fourth-order valence-electron chi connectivity index (χ4n) is 0.646. The first-order valence-electron chi connectivity index (χ1n) is 4.53. The molecule has 0 bridgehead atoms. The van der Waals surface area contributed by atoms with Crippen molar-refractivity contribution in [3.63, 3.8) is 0 Å². The van der Waals surface area contributed by atoms with Gasteiger partial charge in [-0.05, 0) is 0 Å². The summed E-state index contributed by atoms with van der Waals surface area (Å²) in [5, 5.41) is 0. The van der Waals surface area contributed by atoms with Gasteiger partial charge in [0.05, 0.1) is 7.11 Å². The predicted molar refractivity (Wildman–Crippen MR) is 52.1 cm³/mol. The van der Waals surface area contributed by atoms with Crippen LogP contribution in [0.4, 0.5) is 0 Å². The zero-order valence-corrected chi connectivity index (χ0v) is 9.46. The Bertz CT molecular complexity index is 261. The van der Waals surface area contributed by atoms with Gasteiger partial charge >= 0.3 is 11.9 Å². The molecule has 0 atom stereocenters. The molecular weight excluding hydrogens is 200 g/mol. The molecule has 86 valence electrons. The van der Waals surface area contributed by atoms with Crippen molar-refractivity contribution in [1.82, 2.24) is 0 Å². The van der Waals surface area contributed by atoms with E-state index in [1.165, 1.54) is 7.11 Å². The minimum absolute atomic E-state index is 0.225. The molecule has 0 aromatic rings. The Kier molecular flexibility index (Phi) is 4.97. The number of esters is 2. The number of methoxy groups -OCH3 is 1. The van der Waals surface area contributed by atoms with Gasteiger partial charge in [-0.15, -0.1) is 0 Å². The Labute approximate surface area is 88.7 Å². The van der Waals surface area contributed by atoms with E-state index in [4.69, 9.17) is 0 Å². The summed E-state index contributed by atoms with van der Waals surface area (Å²) in [5.41, 5.74) is -0.579. The van der Waals surface area contributed by atoms with Gasteiger partial charge in [0.1, 0.15) is 12.2 Å². The number of ketones is 1. The number of carbonyl (C=O) groups excluding carboxylic acids is 3. The third-order valence-corrected chi connectivity index (χ3v) is 1.72. The van der Waals surface area contributed by atoms with Crippen molar-refractivity contribution in [2.24, 2.45) is 5.41 Å². The molecule has 0 aromatic heterocycles. The number of ether oxygens (including phenoxy) is 2. The van der Waals surface area contributed by atoms with Gasteiger partial charge in [-0.1, -0.05) is 20.8 Å². The summed E-state index contributed by atoms with van der Waals surface area (Å²) in [5.74, 6) is -1.58. The molecule has 5 nitrogen and oxygen atoms in total.